The third-order valence-corrected chi connectivity index (χ3v) is 5.19. The molecule has 1 aliphatic rings. The third kappa shape index (κ3) is 4.04. The molecule has 1 fully saturated rings. The number of carbonyl (C=O) groups is 2. The van der Waals surface area contributed by atoms with Gasteiger partial charge in [-0.2, -0.15) is 0 Å². The van der Waals surface area contributed by atoms with Crippen LogP contribution in [-0.2, 0) is 5.41 Å². The highest BCUT2D eigenvalue weighted by Crippen LogP contribution is 2.38. The molecule has 0 atom stereocenters. The van der Waals surface area contributed by atoms with Gasteiger partial charge >= 0.3 is 12.0 Å². The van der Waals surface area contributed by atoms with E-state index in [0.29, 0.717) is 12.2 Å². The Morgan fingerprint density at radius 3 is 2.27 bits per heavy atom. The van der Waals surface area contributed by atoms with E-state index < -0.39 is 5.97 Å². The Morgan fingerprint density at radius 2 is 1.58 bits per heavy atom. The molecule has 3 N–H and O–H groups in total. The van der Waals surface area contributed by atoms with E-state index >= 15 is 0 Å². The van der Waals surface area contributed by atoms with Gasteiger partial charge in [-0.05, 0) is 30.5 Å². The first-order valence-corrected chi connectivity index (χ1v) is 9.03. The van der Waals surface area contributed by atoms with Gasteiger partial charge in [-0.25, -0.2) is 9.59 Å². The molecule has 5 nitrogen and oxygen atoms in total. The molecule has 1 saturated carbocycles. The number of hydrogen-bond acceptors (Lipinski definition) is 2. The minimum atomic E-state index is -1.06. The zero-order valence-corrected chi connectivity index (χ0v) is 14.7. The Hall–Kier alpha value is -2.82. The Labute approximate surface area is 153 Å². The highest BCUT2D eigenvalue weighted by atomic mass is 16.4. The SMILES string of the molecule is O=C(NCC1(c2ccccc2)CCCCC1)Nc1ccccc1C(=O)O. The number of carboxylic acid groups (broad SMARTS) is 1. The molecular formula is C21H24N2O3. The molecule has 5 heteroatoms. The standard InChI is InChI=1S/C21H24N2O3/c24-19(25)17-11-5-6-12-18(17)23-20(26)22-15-21(13-7-2-8-14-21)16-9-3-1-4-10-16/h1,3-6,9-12H,2,7-8,13-15H2,(H,24,25)(H2,22,23,26). The van der Waals surface area contributed by atoms with Crippen LogP contribution in [0.5, 0.6) is 0 Å². The van der Waals surface area contributed by atoms with Crippen molar-refractivity contribution in [2.24, 2.45) is 0 Å². The molecule has 0 saturated heterocycles. The van der Waals surface area contributed by atoms with Gasteiger partial charge < -0.3 is 15.7 Å². The third-order valence-electron chi connectivity index (χ3n) is 5.19. The topological polar surface area (TPSA) is 78.4 Å². The molecule has 136 valence electrons. The highest BCUT2D eigenvalue weighted by molar-refractivity contribution is 5.99. The summed E-state index contributed by atoms with van der Waals surface area (Å²) in [6, 6.07) is 16.4. The van der Waals surface area contributed by atoms with Crippen LogP contribution in [0.3, 0.4) is 0 Å². The lowest BCUT2D eigenvalue weighted by atomic mass is 9.69. The van der Waals surface area contributed by atoms with Crippen LogP contribution in [0.15, 0.2) is 54.6 Å². The monoisotopic (exact) mass is 352 g/mol. The largest absolute Gasteiger partial charge is 0.478 e. The molecule has 3 rings (SSSR count). The summed E-state index contributed by atoms with van der Waals surface area (Å²) in [5.41, 5.74) is 1.59. The van der Waals surface area contributed by atoms with Crippen molar-refractivity contribution in [3.05, 3.63) is 65.7 Å². The van der Waals surface area contributed by atoms with Crippen molar-refractivity contribution in [3.8, 4) is 0 Å². The Morgan fingerprint density at radius 1 is 0.923 bits per heavy atom. The summed E-state index contributed by atoms with van der Waals surface area (Å²) < 4.78 is 0. The summed E-state index contributed by atoms with van der Waals surface area (Å²) in [5.74, 6) is -1.06. The molecule has 0 unspecified atom stereocenters. The number of para-hydroxylation sites is 1. The average Bonchev–Trinajstić information content (AvgIpc) is 2.68. The van der Waals surface area contributed by atoms with Crippen LogP contribution in [0.1, 0.15) is 48.0 Å². The van der Waals surface area contributed by atoms with E-state index in [-0.39, 0.29) is 17.0 Å². The number of benzene rings is 2. The number of rotatable bonds is 5. The summed E-state index contributed by atoms with van der Waals surface area (Å²) in [7, 11) is 0. The molecule has 2 amide bonds. The molecule has 0 bridgehead atoms. The van der Waals surface area contributed by atoms with Crippen molar-refractivity contribution < 1.29 is 14.7 Å². The second-order valence-corrected chi connectivity index (χ2v) is 6.87. The number of aromatic carboxylic acids is 1. The lowest BCUT2D eigenvalue weighted by Gasteiger charge is -2.38. The Bertz CT molecular complexity index is 768. The van der Waals surface area contributed by atoms with Crippen LogP contribution < -0.4 is 10.6 Å². The molecule has 0 aliphatic heterocycles. The maximum Gasteiger partial charge on any atom is 0.337 e. The van der Waals surface area contributed by atoms with Gasteiger partial charge in [0.15, 0.2) is 0 Å². The van der Waals surface area contributed by atoms with Crippen LogP contribution in [0.4, 0.5) is 10.5 Å². The molecule has 2 aromatic rings. The van der Waals surface area contributed by atoms with Crippen molar-refractivity contribution in [3.63, 3.8) is 0 Å². The fourth-order valence-corrected chi connectivity index (χ4v) is 3.78. The summed E-state index contributed by atoms with van der Waals surface area (Å²) in [5, 5.41) is 14.9. The highest BCUT2D eigenvalue weighted by Gasteiger charge is 2.34. The number of urea groups is 1. The number of hydrogen-bond donors (Lipinski definition) is 3. The minimum Gasteiger partial charge on any atom is -0.478 e. The number of nitrogens with one attached hydrogen (secondary N) is 2. The molecule has 0 aromatic heterocycles. The minimum absolute atomic E-state index is 0.0524. The van der Waals surface area contributed by atoms with Crippen molar-refractivity contribution in [2.75, 3.05) is 11.9 Å². The number of carboxylic acids is 1. The van der Waals surface area contributed by atoms with Crippen molar-refractivity contribution in [1.82, 2.24) is 5.32 Å². The fraction of sp³-hybridized carbons (Fsp3) is 0.333. The summed E-state index contributed by atoms with van der Waals surface area (Å²) >= 11 is 0. The lowest BCUT2D eigenvalue weighted by molar-refractivity contribution is 0.0698. The van der Waals surface area contributed by atoms with Gasteiger partial charge in [0.25, 0.3) is 0 Å². The average molecular weight is 352 g/mol. The summed E-state index contributed by atoms with van der Waals surface area (Å²) in [4.78, 5) is 23.7. The fourth-order valence-electron chi connectivity index (χ4n) is 3.78. The number of carbonyl (C=O) groups excluding carboxylic acids is 1. The zero-order chi connectivity index (χ0) is 18.4. The van der Waals surface area contributed by atoms with Crippen molar-refractivity contribution >= 4 is 17.7 Å². The maximum atomic E-state index is 12.4. The lowest BCUT2D eigenvalue weighted by Crippen LogP contribution is -2.43. The van der Waals surface area contributed by atoms with E-state index in [1.165, 1.54) is 18.1 Å². The molecule has 2 aromatic carbocycles. The second kappa shape index (κ2) is 8.04. The van der Waals surface area contributed by atoms with Crippen LogP contribution in [-0.4, -0.2) is 23.7 Å². The van der Waals surface area contributed by atoms with Gasteiger partial charge in [0.2, 0.25) is 0 Å². The van der Waals surface area contributed by atoms with Crippen LogP contribution in [0, 0.1) is 0 Å². The summed E-state index contributed by atoms with van der Waals surface area (Å²) in [6.45, 7) is 0.540. The summed E-state index contributed by atoms with van der Waals surface area (Å²) in [6.07, 6.45) is 5.62. The first kappa shape index (κ1) is 18.0. The zero-order valence-electron chi connectivity index (χ0n) is 14.7. The smallest absolute Gasteiger partial charge is 0.337 e. The number of amides is 2. The van der Waals surface area contributed by atoms with E-state index in [0.717, 1.165) is 25.7 Å². The van der Waals surface area contributed by atoms with Gasteiger partial charge in [-0.1, -0.05) is 61.7 Å². The quantitative estimate of drug-likeness (QED) is 0.746. The van der Waals surface area contributed by atoms with E-state index in [1.54, 1.807) is 18.2 Å². The van der Waals surface area contributed by atoms with Crippen LogP contribution >= 0.6 is 0 Å². The molecule has 0 spiro atoms. The molecule has 1 aliphatic carbocycles. The predicted octanol–water partition coefficient (Wildman–Crippen LogP) is 4.41. The molecule has 0 radical (unpaired) electrons. The molecule has 26 heavy (non-hydrogen) atoms. The van der Waals surface area contributed by atoms with E-state index in [9.17, 15) is 14.7 Å². The Balaban J connectivity index is 1.70. The van der Waals surface area contributed by atoms with Crippen molar-refractivity contribution in [2.45, 2.75) is 37.5 Å². The second-order valence-electron chi connectivity index (χ2n) is 6.87. The van der Waals surface area contributed by atoms with Crippen LogP contribution in [0.25, 0.3) is 0 Å². The van der Waals surface area contributed by atoms with Gasteiger partial charge in [0.1, 0.15) is 0 Å². The van der Waals surface area contributed by atoms with Crippen LogP contribution in [0.2, 0.25) is 0 Å². The van der Waals surface area contributed by atoms with E-state index in [4.69, 9.17) is 0 Å². The normalized spacial score (nSPS) is 15.8. The molecule has 0 heterocycles. The molecular weight excluding hydrogens is 328 g/mol. The maximum absolute atomic E-state index is 12.4. The first-order chi connectivity index (χ1) is 12.6. The number of anilines is 1. The van der Waals surface area contributed by atoms with Gasteiger partial charge in [-0.3, -0.25) is 0 Å². The van der Waals surface area contributed by atoms with E-state index in [2.05, 4.69) is 22.8 Å². The predicted molar refractivity (Wildman–Crippen MR) is 102 cm³/mol. The Kier molecular flexibility index (Phi) is 5.56. The van der Waals surface area contributed by atoms with Gasteiger partial charge in [-0.15, -0.1) is 0 Å². The van der Waals surface area contributed by atoms with Gasteiger partial charge in [0.05, 0.1) is 11.3 Å². The first-order valence-electron chi connectivity index (χ1n) is 9.03. The van der Waals surface area contributed by atoms with E-state index in [1.807, 2.05) is 18.2 Å². The van der Waals surface area contributed by atoms with Gasteiger partial charge in [0, 0.05) is 12.0 Å². The van der Waals surface area contributed by atoms with Crippen molar-refractivity contribution in [1.29, 1.82) is 0 Å².